The molecule has 1 aromatic rings. The molecule has 0 radical (unpaired) electrons. The maximum atomic E-state index is 12.7. The molecule has 0 spiro atoms. The quantitative estimate of drug-likeness (QED) is 0.564. The molecule has 1 heterocycles. The normalized spacial score (nSPS) is 18.1. The van der Waals surface area contributed by atoms with Crippen molar-refractivity contribution in [2.24, 2.45) is 0 Å². The first-order valence-corrected chi connectivity index (χ1v) is 4.92. The zero-order valence-electron chi connectivity index (χ0n) is 9.18. The minimum absolute atomic E-state index is 0.0934. The van der Waals surface area contributed by atoms with Crippen LogP contribution >= 0.6 is 0 Å². The molecule has 2 rings (SSSR count). The predicted molar refractivity (Wildman–Crippen MR) is 54.8 cm³/mol. The molecule has 1 N–H and O–H groups in total. The lowest BCUT2D eigenvalue weighted by Crippen LogP contribution is -2.46. The van der Waals surface area contributed by atoms with Gasteiger partial charge in [0.05, 0.1) is 11.3 Å². The van der Waals surface area contributed by atoms with Gasteiger partial charge >= 0.3 is 12.1 Å². The van der Waals surface area contributed by atoms with Gasteiger partial charge in [0.2, 0.25) is 0 Å². The van der Waals surface area contributed by atoms with Crippen molar-refractivity contribution in [2.75, 3.05) is 5.32 Å². The summed E-state index contributed by atoms with van der Waals surface area (Å²) in [6.07, 6.45) is -4.49. The molecule has 0 amide bonds. The van der Waals surface area contributed by atoms with Gasteiger partial charge in [0.15, 0.2) is 5.75 Å². The lowest BCUT2D eigenvalue weighted by atomic mass is 10.0. The number of halogens is 3. The first-order valence-electron chi connectivity index (χ1n) is 4.92. The smallest absolute Gasteiger partial charge is 0.418 e. The minimum Gasteiger partial charge on any atom is -0.423 e. The molecule has 0 unspecified atom stereocenters. The topological polar surface area (TPSA) is 38.3 Å². The van der Waals surface area contributed by atoms with Crippen LogP contribution in [0.5, 0.6) is 5.75 Å². The first kappa shape index (κ1) is 11.8. The Morgan fingerprint density at radius 3 is 2.53 bits per heavy atom. The monoisotopic (exact) mass is 245 g/mol. The summed E-state index contributed by atoms with van der Waals surface area (Å²) in [5.41, 5.74) is -2.20. The summed E-state index contributed by atoms with van der Waals surface area (Å²) in [6.45, 7) is 2.93. The molecular weight excluding hydrogens is 235 g/mol. The van der Waals surface area contributed by atoms with Crippen LogP contribution in [0, 0.1) is 0 Å². The zero-order chi connectivity index (χ0) is 12.8. The Hall–Kier alpha value is -1.72. The summed E-state index contributed by atoms with van der Waals surface area (Å²) in [5.74, 6) is -0.700. The number of rotatable bonds is 0. The highest BCUT2D eigenvalue weighted by Gasteiger charge is 2.41. The van der Waals surface area contributed by atoms with Gasteiger partial charge in [-0.25, -0.2) is 4.79 Å². The number of fused-ring (bicyclic) bond motifs is 1. The third-order valence-corrected chi connectivity index (χ3v) is 2.48. The fourth-order valence-electron chi connectivity index (χ4n) is 1.57. The molecule has 1 aromatic carbocycles. The van der Waals surface area contributed by atoms with E-state index in [4.69, 9.17) is 4.74 Å². The van der Waals surface area contributed by atoms with Gasteiger partial charge in [-0.1, -0.05) is 6.07 Å². The van der Waals surface area contributed by atoms with Gasteiger partial charge in [-0.15, -0.1) is 0 Å². The second-order valence-corrected chi connectivity index (χ2v) is 4.32. The zero-order valence-corrected chi connectivity index (χ0v) is 9.18. The number of para-hydroxylation sites is 1. The Kier molecular flexibility index (Phi) is 2.34. The van der Waals surface area contributed by atoms with Crippen LogP contribution in [0.15, 0.2) is 18.2 Å². The van der Waals surface area contributed by atoms with Crippen LogP contribution in [-0.4, -0.2) is 11.5 Å². The number of carbonyl (C=O) groups is 1. The van der Waals surface area contributed by atoms with E-state index in [-0.39, 0.29) is 11.4 Å². The molecule has 0 atom stereocenters. The van der Waals surface area contributed by atoms with Gasteiger partial charge in [-0.05, 0) is 26.0 Å². The largest absolute Gasteiger partial charge is 0.423 e. The summed E-state index contributed by atoms with van der Waals surface area (Å²) in [5, 5.41) is 2.57. The van der Waals surface area contributed by atoms with E-state index in [2.05, 4.69) is 5.32 Å². The van der Waals surface area contributed by atoms with Gasteiger partial charge in [0, 0.05) is 0 Å². The summed E-state index contributed by atoms with van der Waals surface area (Å²) in [6, 6.07) is 3.47. The van der Waals surface area contributed by atoms with E-state index in [1.807, 2.05) is 0 Å². The Bertz CT molecular complexity index is 480. The van der Waals surface area contributed by atoms with Gasteiger partial charge in [0.25, 0.3) is 0 Å². The Morgan fingerprint density at radius 1 is 1.29 bits per heavy atom. The summed E-state index contributed by atoms with van der Waals surface area (Å²) in [4.78, 5) is 11.5. The van der Waals surface area contributed by atoms with Crippen molar-refractivity contribution in [1.29, 1.82) is 0 Å². The Morgan fingerprint density at radius 2 is 1.94 bits per heavy atom. The van der Waals surface area contributed by atoms with E-state index in [9.17, 15) is 18.0 Å². The second-order valence-electron chi connectivity index (χ2n) is 4.32. The van der Waals surface area contributed by atoms with Crippen LogP contribution < -0.4 is 10.1 Å². The number of carbonyl (C=O) groups excluding carboxylic acids is 1. The lowest BCUT2D eigenvalue weighted by Gasteiger charge is -2.32. The molecule has 3 nitrogen and oxygen atoms in total. The highest BCUT2D eigenvalue weighted by Crippen LogP contribution is 2.43. The maximum absolute atomic E-state index is 12.7. The van der Waals surface area contributed by atoms with Crippen LogP contribution in [-0.2, 0) is 11.0 Å². The molecule has 6 heteroatoms. The number of alkyl halides is 3. The second kappa shape index (κ2) is 3.38. The molecule has 0 aromatic heterocycles. The van der Waals surface area contributed by atoms with Crippen molar-refractivity contribution in [3.05, 3.63) is 23.8 Å². The van der Waals surface area contributed by atoms with Crippen LogP contribution in [0.1, 0.15) is 19.4 Å². The molecule has 0 bridgehead atoms. The number of ether oxygens (including phenoxy) is 1. The Balaban J connectivity index is 2.57. The van der Waals surface area contributed by atoms with E-state index in [0.717, 1.165) is 6.07 Å². The van der Waals surface area contributed by atoms with E-state index in [1.165, 1.54) is 26.0 Å². The summed E-state index contributed by atoms with van der Waals surface area (Å²) in [7, 11) is 0. The molecule has 0 aliphatic carbocycles. The van der Waals surface area contributed by atoms with Crippen LogP contribution in [0.3, 0.4) is 0 Å². The Labute approximate surface area is 95.6 Å². The number of esters is 1. The molecule has 0 saturated carbocycles. The highest BCUT2D eigenvalue weighted by molar-refractivity contribution is 5.91. The standard InChI is InChI=1S/C11H10F3NO2/c1-10(2)9(16)17-7-5-3-4-6(8(7)15-10)11(12,13)14/h3-5,15H,1-2H3. The van der Waals surface area contributed by atoms with Crippen molar-refractivity contribution in [3.8, 4) is 5.75 Å². The molecule has 1 aliphatic rings. The number of hydrogen-bond donors (Lipinski definition) is 1. The summed E-state index contributed by atoms with van der Waals surface area (Å²) >= 11 is 0. The van der Waals surface area contributed by atoms with Gasteiger partial charge in [-0.3, -0.25) is 0 Å². The third kappa shape index (κ3) is 1.94. The summed E-state index contributed by atoms with van der Waals surface area (Å²) < 4.78 is 43.1. The van der Waals surface area contributed by atoms with Crippen molar-refractivity contribution < 1.29 is 22.7 Å². The van der Waals surface area contributed by atoms with Crippen molar-refractivity contribution in [1.82, 2.24) is 0 Å². The molecule has 17 heavy (non-hydrogen) atoms. The minimum atomic E-state index is -4.49. The van der Waals surface area contributed by atoms with E-state index in [1.54, 1.807) is 0 Å². The SMILES string of the molecule is CC1(C)Nc2c(cccc2C(F)(F)F)OC1=O. The maximum Gasteiger partial charge on any atom is 0.418 e. The van der Waals surface area contributed by atoms with Crippen molar-refractivity contribution in [3.63, 3.8) is 0 Å². The fraction of sp³-hybridized carbons (Fsp3) is 0.364. The van der Waals surface area contributed by atoms with Crippen LogP contribution in [0.2, 0.25) is 0 Å². The lowest BCUT2D eigenvalue weighted by molar-refractivity contribution is -0.141. The molecule has 92 valence electrons. The molecule has 0 fully saturated rings. The van der Waals surface area contributed by atoms with Gasteiger partial charge < -0.3 is 10.1 Å². The average Bonchev–Trinajstić information content (AvgIpc) is 2.16. The van der Waals surface area contributed by atoms with Gasteiger partial charge in [0.1, 0.15) is 5.54 Å². The fourth-order valence-corrected chi connectivity index (χ4v) is 1.57. The molecule has 1 aliphatic heterocycles. The van der Waals surface area contributed by atoms with Crippen molar-refractivity contribution in [2.45, 2.75) is 25.6 Å². The van der Waals surface area contributed by atoms with E-state index < -0.39 is 23.2 Å². The number of anilines is 1. The number of nitrogens with one attached hydrogen (secondary N) is 1. The number of benzene rings is 1. The van der Waals surface area contributed by atoms with Crippen LogP contribution in [0.4, 0.5) is 18.9 Å². The van der Waals surface area contributed by atoms with E-state index in [0.29, 0.717) is 0 Å². The molecular formula is C11H10F3NO2. The third-order valence-electron chi connectivity index (χ3n) is 2.48. The van der Waals surface area contributed by atoms with Crippen LogP contribution in [0.25, 0.3) is 0 Å². The molecule has 0 saturated heterocycles. The number of hydrogen-bond acceptors (Lipinski definition) is 3. The average molecular weight is 245 g/mol. The highest BCUT2D eigenvalue weighted by atomic mass is 19.4. The first-order chi connectivity index (χ1) is 7.72. The van der Waals surface area contributed by atoms with Crippen molar-refractivity contribution >= 4 is 11.7 Å². The van der Waals surface area contributed by atoms with E-state index >= 15 is 0 Å². The van der Waals surface area contributed by atoms with Gasteiger partial charge in [-0.2, -0.15) is 13.2 Å². The predicted octanol–water partition coefficient (Wildman–Crippen LogP) is 2.81.